The zero-order valence-electron chi connectivity index (χ0n) is 16.7. The highest BCUT2D eigenvalue weighted by Crippen LogP contribution is 2.52. The van der Waals surface area contributed by atoms with Crippen LogP contribution in [0.4, 0.5) is 5.82 Å². The molecule has 1 spiro atoms. The molecule has 1 fully saturated rings. The van der Waals surface area contributed by atoms with Crippen LogP contribution in [0.1, 0.15) is 48.9 Å². The van der Waals surface area contributed by atoms with Gasteiger partial charge in [0.05, 0.1) is 12.1 Å². The van der Waals surface area contributed by atoms with Gasteiger partial charge in [-0.15, -0.1) is 0 Å². The molecule has 0 saturated carbocycles. The van der Waals surface area contributed by atoms with E-state index in [1.165, 1.54) is 16.7 Å². The minimum atomic E-state index is -0.348. The number of rotatable bonds is 4. The van der Waals surface area contributed by atoms with Crippen LogP contribution in [0.3, 0.4) is 0 Å². The molecular formula is C23H31N3O. The summed E-state index contributed by atoms with van der Waals surface area (Å²) in [6.45, 7) is 7.19. The number of aliphatic hydroxyl groups is 1. The summed E-state index contributed by atoms with van der Waals surface area (Å²) in [6.07, 6.45) is 4.58. The number of hydrogen-bond acceptors (Lipinski definition) is 4. The second-order valence-corrected chi connectivity index (χ2v) is 8.29. The molecule has 0 amide bonds. The number of pyridine rings is 1. The second-order valence-electron chi connectivity index (χ2n) is 8.29. The molecule has 2 aromatic rings. The van der Waals surface area contributed by atoms with Gasteiger partial charge in [-0.25, -0.2) is 4.98 Å². The van der Waals surface area contributed by atoms with Gasteiger partial charge in [0.15, 0.2) is 0 Å². The maximum absolute atomic E-state index is 11.5. The first kappa shape index (κ1) is 18.5. The number of hydrogen-bond donors (Lipinski definition) is 1. The lowest BCUT2D eigenvalue weighted by Crippen LogP contribution is -2.49. The molecule has 27 heavy (non-hydrogen) atoms. The van der Waals surface area contributed by atoms with Crippen LogP contribution in [0.5, 0.6) is 0 Å². The summed E-state index contributed by atoms with van der Waals surface area (Å²) in [4.78, 5) is 9.28. The molecule has 4 nitrogen and oxygen atoms in total. The minimum absolute atomic E-state index is 0.102. The van der Waals surface area contributed by atoms with Crippen LogP contribution < -0.4 is 4.90 Å². The minimum Gasteiger partial charge on any atom is -0.390 e. The summed E-state index contributed by atoms with van der Waals surface area (Å²) >= 11 is 0. The van der Waals surface area contributed by atoms with E-state index in [9.17, 15) is 5.11 Å². The van der Waals surface area contributed by atoms with Crippen LogP contribution in [0.2, 0.25) is 0 Å². The fourth-order valence-corrected chi connectivity index (χ4v) is 5.20. The van der Waals surface area contributed by atoms with Gasteiger partial charge in [0.25, 0.3) is 0 Å². The van der Waals surface area contributed by atoms with Crippen molar-refractivity contribution in [1.82, 2.24) is 9.88 Å². The van der Waals surface area contributed by atoms with Crippen molar-refractivity contribution in [3.05, 3.63) is 59.3 Å². The summed E-state index contributed by atoms with van der Waals surface area (Å²) in [5.74, 6) is 1.06. The average molecular weight is 366 g/mol. The van der Waals surface area contributed by atoms with E-state index in [0.29, 0.717) is 0 Å². The molecule has 1 aromatic carbocycles. The number of piperidine rings is 1. The third kappa shape index (κ3) is 3.05. The Morgan fingerprint density at radius 1 is 1.22 bits per heavy atom. The van der Waals surface area contributed by atoms with Gasteiger partial charge in [-0.05, 0) is 68.6 Å². The van der Waals surface area contributed by atoms with Crippen LogP contribution >= 0.6 is 0 Å². The van der Waals surface area contributed by atoms with E-state index in [4.69, 9.17) is 0 Å². The lowest BCUT2D eigenvalue weighted by Gasteiger charge is -2.44. The largest absolute Gasteiger partial charge is 0.390 e. The molecule has 1 saturated heterocycles. The Bertz CT molecular complexity index is 798. The summed E-state index contributed by atoms with van der Waals surface area (Å²) in [7, 11) is 2.15. The Kier molecular flexibility index (Phi) is 4.95. The van der Waals surface area contributed by atoms with Crippen LogP contribution in [-0.4, -0.2) is 47.8 Å². The highest BCUT2D eigenvalue weighted by atomic mass is 16.3. The summed E-state index contributed by atoms with van der Waals surface area (Å²) in [5, 5.41) is 11.5. The van der Waals surface area contributed by atoms with Gasteiger partial charge in [-0.1, -0.05) is 31.2 Å². The zero-order valence-corrected chi connectivity index (χ0v) is 16.7. The molecule has 1 aromatic heterocycles. The van der Waals surface area contributed by atoms with E-state index in [2.05, 4.69) is 66.0 Å². The quantitative estimate of drug-likeness (QED) is 0.897. The molecule has 0 bridgehead atoms. The predicted octanol–water partition coefficient (Wildman–Crippen LogP) is 3.69. The standard InChI is InChI=1S/C23H31N3O/c1-4-13-25(3)21-18-7-5-6-8-19(18)23(22(21)27)10-14-26(15-11-23)20-16-17(2)9-12-24-20/h5-9,12,16,21-22,27H,4,10-11,13-15H2,1-3H3/t21-,22+/m0/s1. The molecule has 0 radical (unpaired) electrons. The van der Waals surface area contributed by atoms with Crippen LogP contribution in [0, 0.1) is 6.92 Å². The fourth-order valence-electron chi connectivity index (χ4n) is 5.20. The van der Waals surface area contributed by atoms with Crippen LogP contribution in [-0.2, 0) is 5.41 Å². The van der Waals surface area contributed by atoms with E-state index >= 15 is 0 Å². The molecule has 144 valence electrons. The van der Waals surface area contributed by atoms with Crippen LogP contribution in [0.25, 0.3) is 0 Å². The van der Waals surface area contributed by atoms with Gasteiger partial charge >= 0.3 is 0 Å². The number of aryl methyl sites for hydroxylation is 1. The van der Waals surface area contributed by atoms with Crippen molar-refractivity contribution in [3.63, 3.8) is 0 Å². The first-order valence-electron chi connectivity index (χ1n) is 10.2. The first-order chi connectivity index (χ1) is 13.1. The Hall–Kier alpha value is -1.91. The second kappa shape index (κ2) is 7.25. The number of aromatic nitrogens is 1. The first-order valence-corrected chi connectivity index (χ1v) is 10.2. The van der Waals surface area contributed by atoms with Gasteiger partial charge in [0, 0.05) is 24.7 Å². The molecule has 1 aliphatic carbocycles. The summed E-state index contributed by atoms with van der Waals surface area (Å²) in [6, 6.07) is 13.0. The van der Waals surface area contributed by atoms with Crippen molar-refractivity contribution < 1.29 is 5.11 Å². The van der Waals surface area contributed by atoms with Crippen molar-refractivity contribution in [2.24, 2.45) is 0 Å². The molecule has 1 aliphatic heterocycles. The molecular weight excluding hydrogens is 334 g/mol. The topological polar surface area (TPSA) is 39.6 Å². The number of anilines is 1. The van der Waals surface area contributed by atoms with E-state index in [-0.39, 0.29) is 17.6 Å². The SMILES string of the molecule is CCCN(C)[C@H]1c2ccccc2C2(CCN(c3cc(C)ccn3)CC2)[C@@H]1O. The maximum Gasteiger partial charge on any atom is 0.128 e. The third-order valence-corrected chi connectivity index (χ3v) is 6.61. The van der Waals surface area contributed by atoms with Crippen molar-refractivity contribution in [2.45, 2.75) is 50.7 Å². The van der Waals surface area contributed by atoms with Gasteiger partial charge in [-0.3, -0.25) is 4.90 Å². The molecule has 2 aliphatic rings. The smallest absolute Gasteiger partial charge is 0.128 e. The maximum atomic E-state index is 11.5. The molecule has 4 rings (SSSR count). The summed E-state index contributed by atoms with van der Waals surface area (Å²) in [5.41, 5.74) is 3.79. The Labute approximate surface area is 162 Å². The van der Waals surface area contributed by atoms with Gasteiger partial charge < -0.3 is 10.0 Å². The van der Waals surface area contributed by atoms with E-state index < -0.39 is 0 Å². The number of likely N-dealkylation sites (N-methyl/N-ethyl adjacent to an activating group) is 1. The Morgan fingerprint density at radius 2 is 1.96 bits per heavy atom. The Balaban J connectivity index is 1.62. The number of aliphatic hydroxyl groups excluding tert-OH is 1. The Morgan fingerprint density at radius 3 is 2.67 bits per heavy atom. The molecule has 0 unspecified atom stereocenters. The van der Waals surface area contributed by atoms with E-state index in [0.717, 1.165) is 44.7 Å². The van der Waals surface area contributed by atoms with E-state index in [1.807, 2.05) is 12.3 Å². The normalized spacial score (nSPS) is 23.8. The van der Waals surface area contributed by atoms with Gasteiger partial charge in [0.1, 0.15) is 5.82 Å². The van der Waals surface area contributed by atoms with Crippen LogP contribution in [0.15, 0.2) is 42.6 Å². The van der Waals surface area contributed by atoms with Gasteiger partial charge in [0.2, 0.25) is 0 Å². The predicted molar refractivity (Wildman–Crippen MR) is 110 cm³/mol. The molecule has 2 atom stereocenters. The number of benzene rings is 1. The monoisotopic (exact) mass is 365 g/mol. The van der Waals surface area contributed by atoms with Crippen molar-refractivity contribution in [1.29, 1.82) is 0 Å². The lowest BCUT2D eigenvalue weighted by molar-refractivity contribution is 0.00901. The van der Waals surface area contributed by atoms with Gasteiger partial charge in [-0.2, -0.15) is 0 Å². The summed E-state index contributed by atoms with van der Waals surface area (Å²) < 4.78 is 0. The van der Waals surface area contributed by atoms with E-state index in [1.54, 1.807) is 0 Å². The van der Waals surface area contributed by atoms with Crippen molar-refractivity contribution in [3.8, 4) is 0 Å². The molecule has 1 N–H and O–H groups in total. The average Bonchev–Trinajstić information content (AvgIpc) is 2.91. The number of nitrogens with zero attached hydrogens (tertiary/aromatic N) is 3. The zero-order chi connectivity index (χ0) is 19.0. The highest BCUT2D eigenvalue weighted by Gasteiger charge is 2.53. The van der Waals surface area contributed by atoms with Crippen molar-refractivity contribution in [2.75, 3.05) is 31.6 Å². The lowest BCUT2D eigenvalue weighted by atomic mass is 9.72. The number of fused-ring (bicyclic) bond motifs is 2. The molecule has 4 heteroatoms. The van der Waals surface area contributed by atoms with Crippen molar-refractivity contribution >= 4 is 5.82 Å². The highest BCUT2D eigenvalue weighted by molar-refractivity contribution is 5.48. The molecule has 2 heterocycles. The third-order valence-electron chi connectivity index (χ3n) is 6.61. The fraction of sp³-hybridized carbons (Fsp3) is 0.522.